The van der Waals surface area contributed by atoms with Crippen molar-refractivity contribution in [2.45, 2.75) is 19.2 Å². The van der Waals surface area contributed by atoms with Crippen molar-refractivity contribution >= 4 is 0 Å². The molecule has 1 heterocycles. The van der Waals surface area contributed by atoms with Gasteiger partial charge in [-0.15, -0.1) is 0 Å². The maximum Gasteiger partial charge on any atom is 0.120 e. The Morgan fingerprint density at radius 2 is 2.12 bits per heavy atom. The molecule has 1 fully saturated rings. The molecule has 3 nitrogen and oxygen atoms in total. The summed E-state index contributed by atoms with van der Waals surface area (Å²) in [6.07, 6.45) is 0.167. The second-order valence-electron chi connectivity index (χ2n) is 4.23. The van der Waals surface area contributed by atoms with Crippen LogP contribution in [0.5, 0.6) is 0 Å². The average molecular weight is 220 g/mol. The van der Waals surface area contributed by atoms with E-state index in [9.17, 15) is 0 Å². The lowest BCUT2D eigenvalue weighted by Crippen LogP contribution is -2.48. The Bertz CT molecular complexity index is 315. The number of benzene rings is 1. The summed E-state index contributed by atoms with van der Waals surface area (Å²) in [5.74, 6) is 0. The number of hydrogen-bond donors (Lipinski definition) is 1. The monoisotopic (exact) mass is 220 g/mol. The summed E-state index contributed by atoms with van der Waals surface area (Å²) in [6.45, 7) is 5.02. The minimum absolute atomic E-state index is 0.167. The van der Waals surface area contributed by atoms with E-state index in [1.165, 1.54) is 5.56 Å². The number of hydrogen-bond acceptors (Lipinski definition) is 3. The molecule has 1 aromatic rings. The molecule has 1 N–H and O–H groups in total. The standard InChI is InChI=1S/C13H20N2O/c1-11(12-6-4-3-5-7-12)15-8-9-16-13(10-15)14-2/h3-7,11,13-14H,8-10H2,1-2H3. The lowest BCUT2D eigenvalue weighted by Gasteiger charge is -2.36. The van der Waals surface area contributed by atoms with Crippen LogP contribution in [0.15, 0.2) is 30.3 Å². The molecule has 1 aromatic carbocycles. The normalized spacial score (nSPS) is 24.2. The quantitative estimate of drug-likeness (QED) is 0.838. The van der Waals surface area contributed by atoms with Gasteiger partial charge < -0.3 is 4.74 Å². The van der Waals surface area contributed by atoms with Gasteiger partial charge >= 0.3 is 0 Å². The molecule has 2 atom stereocenters. The molecule has 1 aliphatic heterocycles. The second-order valence-corrected chi connectivity index (χ2v) is 4.23. The van der Waals surface area contributed by atoms with Gasteiger partial charge in [0.25, 0.3) is 0 Å². The van der Waals surface area contributed by atoms with Crippen LogP contribution in [0.1, 0.15) is 18.5 Å². The van der Waals surface area contributed by atoms with E-state index in [1.807, 2.05) is 7.05 Å². The smallest absolute Gasteiger partial charge is 0.120 e. The molecule has 1 aliphatic rings. The van der Waals surface area contributed by atoms with Gasteiger partial charge in [-0.25, -0.2) is 0 Å². The molecule has 1 saturated heterocycles. The van der Waals surface area contributed by atoms with Crippen LogP contribution in [-0.4, -0.2) is 37.9 Å². The Morgan fingerprint density at radius 1 is 1.38 bits per heavy atom. The molecule has 0 bridgehead atoms. The van der Waals surface area contributed by atoms with E-state index in [4.69, 9.17) is 4.74 Å². The van der Waals surface area contributed by atoms with Crippen LogP contribution < -0.4 is 5.32 Å². The summed E-state index contributed by atoms with van der Waals surface area (Å²) in [4.78, 5) is 2.46. The number of rotatable bonds is 3. The number of nitrogens with zero attached hydrogens (tertiary/aromatic N) is 1. The van der Waals surface area contributed by atoms with Crippen molar-refractivity contribution in [3.05, 3.63) is 35.9 Å². The first kappa shape index (κ1) is 11.6. The molecule has 0 radical (unpaired) electrons. The van der Waals surface area contributed by atoms with Crippen molar-refractivity contribution in [1.82, 2.24) is 10.2 Å². The Hall–Kier alpha value is -0.900. The first-order valence-corrected chi connectivity index (χ1v) is 5.89. The highest BCUT2D eigenvalue weighted by Gasteiger charge is 2.23. The molecule has 0 spiro atoms. The number of likely N-dealkylation sites (N-methyl/N-ethyl adjacent to an activating group) is 1. The summed E-state index contributed by atoms with van der Waals surface area (Å²) < 4.78 is 5.59. The third kappa shape index (κ3) is 2.61. The van der Waals surface area contributed by atoms with Crippen molar-refractivity contribution in [2.75, 3.05) is 26.7 Å². The summed E-state index contributed by atoms with van der Waals surface area (Å²) >= 11 is 0. The Morgan fingerprint density at radius 3 is 2.81 bits per heavy atom. The fourth-order valence-electron chi connectivity index (χ4n) is 2.14. The molecular formula is C13H20N2O. The van der Waals surface area contributed by atoms with Gasteiger partial charge in [0.2, 0.25) is 0 Å². The Kier molecular flexibility index (Phi) is 3.93. The topological polar surface area (TPSA) is 24.5 Å². The molecule has 0 saturated carbocycles. The van der Waals surface area contributed by atoms with Crippen LogP contribution in [-0.2, 0) is 4.74 Å². The minimum Gasteiger partial charge on any atom is -0.361 e. The van der Waals surface area contributed by atoms with Gasteiger partial charge in [0, 0.05) is 19.1 Å². The van der Waals surface area contributed by atoms with E-state index >= 15 is 0 Å². The molecule has 3 heteroatoms. The van der Waals surface area contributed by atoms with Gasteiger partial charge in [-0.1, -0.05) is 30.3 Å². The predicted octanol–water partition coefficient (Wildman–Crippen LogP) is 1.63. The number of nitrogens with one attached hydrogen (secondary N) is 1. The number of ether oxygens (including phenoxy) is 1. The third-order valence-electron chi connectivity index (χ3n) is 3.25. The average Bonchev–Trinajstić information content (AvgIpc) is 2.39. The maximum absolute atomic E-state index is 5.59. The van der Waals surface area contributed by atoms with Crippen molar-refractivity contribution in [3.8, 4) is 0 Å². The van der Waals surface area contributed by atoms with E-state index < -0.39 is 0 Å². The van der Waals surface area contributed by atoms with E-state index in [1.54, 1.807) is 0 Å². The van der Waals surface area contributed by atoms with Crippen molar-refractivity contribution in [3.63, 3.8) is 0 Å². The summed E-state index contributed by atoms with van der Waals surface area (Å²) in [5.41, 5.74) is 1.37. The highest BCUT2D eigenvalue weighted by atomic mass is 16.5. The zero-order valence-corrected chi connectivity index (χ0v) is 10.0. The second kappa shape index (κ2) is 5.43. The van der Waals surface area contributed by atoms with Crippen molar-refractivity contribution in [2.24, 2.45) is 0 Å². The SMILES string of the molecule is CNC1CN(C(C)c2ccccc2)CCO1. The molecule has 0 aromatic heterocycles. The summed E-state index contributed by atoms with van der Waals surface area (Å²) in [5, 5.41) is 3.18. The fourth-order valence-corrected chi connectivity index (χ4v) is 2.14. The largest absolute Gasteiger partial charge is 0.361 e. The zero-order chi connectivity index (χ0) is 11.4. The molecule has 2 rings (SSSR count). The van der Waals surface area contributed by atoms with Crippen molar-refractivity contribution in [1.29, 1.82) is 0 Å². The van der Waals surface area contributed by atoms with E-state index in [2.05, 4.69) is 47.5 Å². The maximum atomic E-state index is 5.59. The van der Waals surface area contributed by atoms with Crippen LogP contribution in [0, 0.1) is 0 Å². The highest BCUT2D eigenvalue weighted by molar-refractivity contribution is 5.18. The summed E-state index contributed by atoms with van der Waals surface area (Å²) in [7, 11) is 1.95. The number of morpholine rings is 1. The van der Waals surface area contributed by atoms with E-state index in [0.717, 1.165) is 19.7 Å². The van der Waals surface area contributed by atoms with Gasteiger partial charge in [0.1, 0.15) is 6.23 Å². The van der Waals surface area contributed by atoms with Gasteiger partial charge in [-0.05, 0) is 19.5 Å². The van der Waals surface area contributed by atoms with Gasteiger partial charge in [0.05, 0.1) is 6.61 Å². The third-order valence-corrected chi connectivity index (χ3v) is 3.25. The van der Waals surface area contributed by atoms with Crippen LogP contribution in [0.25, 0.3) is 0 Å². The lowest BCUT2D eigenvalue weighted by atomic mass is 10.1. The molecule has 0 aliphatic carbocycles. The van der Waals surface area contributed by atoms with Gasteiger partial charge in [0.15, 0.2) is 0 Å². The molecule has 2 unspecified atom stereocenters. The molecular weight excluding hydrogens is 200 g/mol. The van der Waals surface area contributed by atoms with Crippen molar-refractivity contribution < 1.29 is 4.74 Å². The first-order chi connectivity index (χ1) is 7.81. The van der Waals surface area contributed by atoms with Gasteiger partial charge in [-0.3, -0.25) is 10.2 Å². The Labute approximate surface area is 97.4 Å². The van der Waals surface area contributed by atoms with Crippen LogP contribution in [0.3, 0.4) is 0 Å². The Balaban J connectivity index is 2.01. The van der Waals surface area contributed by atoms with Crippen LogP contribution in [0.2, 0.25) is 0 Å². The molecule has 0 amide bonds. The minimum atomic E-state index is 0.167. The fraction of sp³-hybridized carbons (Fsp3) is 0.538. The van der Waals surface area contributed by atoms with Gasteiger partial charge in [-0.2, -0.15) is 0 Å². The van der Waals surface area contributed by atoms with Crippen LogP contribution in [0.4, 0.5) is 0 Å². The molecule has 16 heavy (non-hydrogen) atoms. The molecule has 88 valence electrons. The van der Waals surface area contributed by atoms with E-state index in [-0.39, 0.29) is 6.23 Å². The summed E-state index contributed by atoms with van der Waals surface area (Å²) in [6, 6.07) is 11.1. The predicted molar refractivity (Wildman–Crippen MR) is 65.2 cm³/mol. The highest BCUT2D eigenvalue weighted by Crippen LogP contribution is 2.21. The van der Waals surface area contributed by atoms with Crippen LogP contribution >= 0.6 is 0 Å². The zero-order valence-electron chi connectivity index (χ0n) is 10.0. The van der Waals surface area contributed by atoms with E-state index in [0.29, 0.717) is 6.04 Å². The first-order valence-electron chi connectivity index (χ1n) is 5.89. The lowest BCUT2D eigenvalue weighted by molar-refractivity contribution is -0.0536.